The number of aromatic nitrogens is 4. The summed E-state index contributed by atoms with van der Waals surface area (Å²) in [5.41, 5.74) is 2.23. The fourth-order valence-corrected chi connectivity index (χ4v) is 1.94. The van der Waals surface area contributed by atoms with E-state index >= 15 is 0 Å². The summed E-state index contributed by atoms with van der Waals surface area (Å²) >= 11 is 0. The Morgan fingerprint density at radius 2 is 2.19 bits per heavy atom. The molecule has 0 saturated heterocycles. The molecule has 2 heterocycles. The molecule has 0 saturated carbocycles. The molecular weight excluding hydrogens is 276 g/mol. The molecule has 0 aliphatic rings. The third-order valence-corrected chi connectivity index (χ3v) is 3.17. The Morgan fingerprint density at radius 3 is 2.71 bits per heavy atom. The van der Waals surface area contributed by atoms with Crippen molar-refractivity contribution >= 4 is 17.3 Å². The molecule has 0 spiro atoms. The fraction of sp³-hybridized carbons (Fsp3) is 0.417. The number of carbonyl (C=O) groups excluding carboxylic acids is 1. The highest BCUT2D eigenvalue weighted by atomic mass is 16.6. The topological polar surface area (TPSA) is 108 Å². The number of nitrogens with one attached hydrogen (secondary N) is 1. The van der Waals surface area contributed by atoms with Crippen LogP contribution in [-0.4, -0.2) is 30.4 Å². The van der Waals surface area contributed by atoms with Crippen molar-refractivity contribution in [3.8, 4) is 0 Å². The maximum atomic E-state index is 11.9. The minimum Gasteiger partial charge on any atom is -0.323 e. The maximum absolute atomic E-state index is 11.9. The second-order valence-electron chi connectivity index (χ2n) is 4.69. The van der Waals surface area contributed by atoms with Crippen molar-refractivity contribution in [1.82, 2.24) is 19.6 Å². The highest BCUT2D eigenvalue weighted by molar-refractivity contribution is 5.91. The first-order valence-electron chi connectivity index (χ1n) is 6.35. The number of amides is 1. The van der Waals surface area contributed by atoms with E-state index in [1.54, 1.807) is 11.7 Å². The van der Waals surface area contributed by atoms with Crippen LogP contribution in [0.15, 0.2) is 12.4 Å². The van der Waals surface area contributed by atoms with E-state index < -0.39 is 4.92 Å². The van der Waals surface area contributed by atoms with Crippen LogP contribution < -0.4 is 5.32 Å². The Bertz CT molecular complexity index is 687. The number of carbonyl (C=O) groups is 1. The van der Waals surface area contributed by atoms with Crippen LogP contribution in [0.4, 0.5) is 11.4 Å². The van der Waals surface area contributed by atoms with Gasteiger partial charge in [0.15, 0.2) is 0 Å². The van der Waals surface area contributed by atoms with E-state index in [1.807, 2.05) is 13.8 Å². The first kappa shape index (κ1) is 14.7. The molecule has 9 heteroatoms. The Hall–Kier alpha value is -2.71. The molecule has 0 radical (unpaired) electrons. The Balaban J connectivity index is 1.94. The van der Waals surface area contributed by atoms with Gasteiger partial charge in [0.25, 0.3) is 0 Å². The quantitative estimate of drug-likeness (QED) is 0.657. The van der Waals surface area contributed by atoms with Gasteiger partial charge in [0.1, 0.15) is 12.4 Å². The van der Waals surface area contributed by atoms with Crippen LogP contribution in [0.5, 0.6) is 0 Å². The molecule has 0 unspecified atom stereocenters. The number of nitro groups is 1. The molecule has 1 N–H and O–H groups in total. The van der Waals surface area contributed by atoms with Crippen molar-refractivity contribution in [2.24, 2.45) is 7.05 Å². The van der Waals surface area contributed by atoms with Gasteiger partial charge in [-0.2, -0.15) is 10.2 Å². The van der Waals surface area contributed by atoms with Crippen LogP contribution >= 0.6 is 0 Å². The molecule has 0 aliphatic carbocycles. The van der Waals surface area contributed by atoms with Crippen LogP contribution in [0.1, 0.15) is 17.8 Å². The zero-order valence-corrected chi connectivity index (χ0v) is 12.0. The number of hydrogen-bond donors (Lipinski definition) is 1. The van der Waals surface area contributed by atoms with Crippen molar-refractivity contribution in [3.63, 3.8) is 0 Å². The summed E-state index contributed by atoms with van der Waals surface area (Å²) in [6, 6.07) is 0. The summed E-state index contributed by atoms with van der Waals surface area (Å²) in [6.45, 7) is 3.96. The van der Waals surface area contributed by atoms with Gasteiger partial charge in [0, 0.05) is 20.0 Å². The summed E-state index contributed by atoms with van der Waals surface area (Å²) in [6.07, 6.45) is 2.63. The predicted octanol–water partition coefficient (Wildman–Crippen LogP) is 1.17. The lowest BCUT2D eigenvalue weighted by Gasteiger charge is -2.05. The van der Waals surface area contributed by atoms with E-state index in [9.17, 15) is 14.9 Å². The number of hydrogen-bond acceptors (Lipinski definition) is 5. The fourth-order valence-electron chi connectivity index (χ4n) is 1.94. The SMILES string of the molecule is Cc1nn(C)c(C)c1NC(=O)CCn1cc([N+](=O)[O-])cn1. The molecule has 2 rings (SSSR count). The van der Waals surface area contributed by atoms with Crippen molar-refractivity contribution in [1.29, 1.82) is 0 Å². The van der Waals surface area contributed by atoms with Crippen molar-refractivity contribution in [2.45, 2.75) is 26.8 Å². The van der Waals surface area contributed by atoms with Crippen molar-refractivity contribution in [2.75, 3.05) is 5.32 Å². The van der Waals surface area contributed by atoms with E-state index in [4.69, 9.17) is 0 Å². The normalized spacial score (nSPS) is 10.6. The van der Waals surface area contributed by atoms with Gasteiger partial charge in [-0.3, -0.25) is 24.3 Å². The Kier molecular flexibility index (Phi) is 4.01. The van der Waals surface area contributed by atoms with Crippen LogP contribution in [0.2, 0.25) is 0 Å². The lowest BCUT2D eigenvalue weighted by atomic mass is 10.3. The van der Waals surface area contributed by atoms with E-state index in [0.717, 1.165) is 17.6 Å². The van der Waals surface area contributed by atoms with E-state index in [1.165, 1.54) is 10.9 Å². The van der Waals surface area contributed by atoms with Crippen LogP contribution in [0.25, 0.3) is 0 Å². The smallest absolute Gasteiger partial charge is 0.306 e. The molecule has 0 aromatic carbocycles. The lowest BCUT2D eigenvalue weighted by molar-refractivity contribution is -0.385. The number of aryl methyl sites for hydroxylation is 3. The zero-order valence-electron chi connectivity index (χ0n) is 12.0. The van der Waals surface area contributed by atoms with Crippen LogP contribution in [0.3, 0.4) is 0 Å². The monoisotopic (exact) mass is 292 g/mol. The molecule has 0 bridgehead atoms. The molecule has 9 nitrogen and oxygen atoms in total. The molecule has 0 atom stereocenters. The second kappa shape index (κ2) is 5.73. The van der Waals surface area contributed by atoms with Gasteiger partial charge in [-0.1, -0.05) is 0 Å². The molecule has 112 valence electrons. The average molecular weight is 292 g/mol. The van der Waals surface area contributed by atoms with Crippen LogP contribution in [0, 0.1) is 24.0 Å². The van der Waals surface area contributed by atoms with Gasteiger partial charge in [0.05, 0.1) is 22.0 Å². The largest absolute Gasteiger partial charge is 0.323 e. The minimum atomic E-state index is -0.522. The summed E-state index contributed by atoms with van der Waals surface area (Å²) in [5, 5.41) is 21.4. The first-order valence-corrected chi connectivity index (χ1v) is 6.35. The molecule has 0 aliphatic heterocycles. The minimum absolute atomic E-state index is 0.0886. The van der Waals surface area contributed by atoms with Crippen LogP contribution in [-0.2, 0) is 18.4 Å². The summed E-state index contributed by atoms with van der Waals surface area (Å²) < 4.78 is 3.07. The molecule has 2 aromatic heterocycles. The van der Waals surface area contributed by atoms with Crippen molar-refractivity contribution in [3.05, 3.63) is 33.9 Å². The number of nitrogens with zero attached hydrogens (tertiary/aromatic N) is 5. The molecular formula is C12H16N6O3. The first-order chi connectivity index (χ1) is 9.88. The molecule has 1 amide bonds. The summed E-state index contributed by atoms with van der Waals surface area (Å²) in [7, 11) is 1.81. The maximum Gasteiger partial charge on any atom is 0.306 e. The van der Waals surface area contributed by atoms with E-state index in [2.05, 4.69) is 15.5 Å². The van der Waals surface area contributed by atoms with Gasteiger partial charge in [-0.05, 0) is 13.8 Å². The van der Waals surface area contributed by atoms with Crippen molar-refractivity contribution < 1.29 is 9.72 Å². The standard InChI is InChI=1S/C12H16N6O3/c1-8-12(9(2)16(3)15-8)14-11(19)4-5-17-7-10(6-13-17)18(20)21/h6-7H,4-5H2,1-3H3,(H,14,19). The highest BCUT2D eigenvalue weighted by Gasteiger charge is 2.13. The van der Waals surface area contributed by atoms with E-state index in [0.29, 0.717) is 5.69 Å². The van der Waals surface area contributed by atoms with Gasteiger partial charge in [-0.25, -0.2) is 0 Å². The predicted molar refractivity (Wildman–Crippen MR) is 74.8 cm³/mol. The summed E-state index contributed by atoms with van der Waals surface area (Å²) in [5.74, 6) is -0.188. The van der Waals surface area contributed by atoms with E-state index in [-0.39, 0.29) is 24.6 Å². The van der Waals surface area contributed by atoms with Gasteiger partial charge in [0.2, 0.25) is 5.91 Å². The molecule has 21 heavy (non-hydrogen) atoms. The Labute approximate surface area is 120 Å². The average Bonchev–Trinajstić information content (AvgIpc) is 2.98. The number of anilines is 1. The Morgan fingerprint density at radius 1 is 1.48 bits per heavy atom. The molecule has 2 aromatic rings. The van der Waals surface area contributed by atoms with Gasteiger partial charge < -0.3 is 5.32 Å². The number of rotatable bonds is 5. The highest BCUT2D eigenvalue weighted by Crippen LogP contribution is 2.18. The summed E-state index contributed by atoms with van der Waals surface area (Å²) in [4.78, 5) is 21.9. The third-order valence-electron chi connectivity index (χ3n) is 3.17. The van der Waals surface area contributed by atoms with Gasteiger partial charge >= 0.3 is 5.69 Å². The third kappa shape index (κ3) is 3.25. The molecule has 0 fully saturated rings. The second-order valence-corrected chi connectivity index (χ2v) is 4.69. The van der Waals surface area contributed by atoms with Gasteiger partial charge in [-0.15, -0.1) is 0 Å². The zero-order chi connectivity index (χ0) is 15.6. The lowest BCUT2D eigenvalue weighted by Crippen LogP contribution is -2.15.